The summed E-state index contributed by atoms with van der Waals surface area (Å²) in [6, 6.07) is 15.9. The maximum absolute atomic E-state index is 3.94. The predicted molar refractivity (Wildman–Crippen MR) is 141 cm³/mol. The van der Waals surface area contributed by atoms with Crippen LogP contribution in [0.4, 0.5) is 0 Å². The van der Waals surface area contributed by atoms with Crippen molar-refractivity contribution in [2.24, 2.45) is 0 Å². The highest BCUT2D eigenvalue weighted by Crippen LogP contribution is 2.56. The molecule has 3 aliphatic rings. The molecule has 0 nitrogen and oxygen atoms in total. The van der Waals surface area contributed by atoms with Crippen LogP contribution in [0, 0.1) is 6.92 Å². The van der Waals surface area contributed by atoms with Gasteiger partial charge in [-0.3, -0.25) is 0 Å². The number of alkyl halides is 1. The average Bonchev–Trinajstić information content (AvgIpc) is 2.89. The molecule has 2 unspecified atom stereocenters. The van der Waals surface area contributed by atoms with Gasteiger partial charge in [-0.05, 0) is 80.0 Å². The largest absolute Gasteiger partial charge is 0.0898 e. The van der Waals surface area contributed by atoms with E-state index in [4.69, 9.17) is 0 Å². The van der Waals surface area contributed by atoms with Crippen LogP contribution in [0.3, 0.4) is 0 Å². The first kappa shape index (κ1) is 21.6. The summed E-state index contributed by atoms with van der Waals surface area (Å²) in [4.78, 5) is 3.19. The maximum Gasteiger partial charge on any atom is 0.0434 e. The fraction of sp³-hybridized carbons (Fsp3) is 0.286. The van der Waals surface area contributed by atoms with Crippen molar-refractivity contribution in [3.05, 3.63) is 110 Å². The lowest BCUT2D eigenvalue weighted by atomic mass is 9.60. The molecule has 0 spiro atoms. The zero-order valence-electron chi connectivity index (χ0n) is 17.9. The molecule has 1 aliphatic heterocycles. The fourth-order valence-corrected chi connectivity index (χ4v) is 7.58. The summed E-state index contributed by atoms with van der Waals surface area (Å²) in [7, 11) is 0. The third-order valence-corrected chi connectivity index (χ3v) is 9.23. The van der Waals surface area contributed by atoms with Gasteiger partial charge in [0.15, 0.2) is 0 Å². The van der Waals surface area contributed by atoms with Crippen LogP contribution in [0.2, 0.25) is 0 Å². The summed E-state index contributed by atoms with van der Waals surface area (Å²) in [5.74, 6) is 0. The molecule has 0 fully saturated rings. The van der Waals surface area contributed by atoms with E-state index in [9.17, 15) is 0 Å². The number of thioether (sulfide) groups is 1. The third-order valence-electron chi connectivity index (χ3n) is 6.89. The summed E-state index contributed by atoms with van der Waals surface area (Å²) in [6.07, 6.45) is 13.7. The van der Waals surface area contributed by atoms with Gasteiger partial charge in [-0.1, -0.05) is 103 Å². The Hall–Kier alpha value is -1.29. The minimum absolute atomic E-state index is 0.120. The van der Waals surface area contributed by atoms with E-state index in [1.54, 1.807) is 11.1 Å². The second kappa shape index (κ2) is 8.57. The van der Waals surface area contributed by atoms with Gasteiger partial charge < -0.3 is 0 Å². The number of allylic oxidation sites excluding steroid dienone is 7. The minimum Gasteiger partial charge on any atom is -0.0898 e. The van der Waals surface area contributed by atoms with Gasteiger partial charge in [0.1, 0.15) is 0 Å². The Morgan fingerprint density at radius 3 is 2.68 bits per heavy atom. The van der Waals surface area contributed by atoms with E-state index in [1.165, 1.54) is 32.1 Å². The van der Waals surface area contributed by atoms with E-state index < -0.39 is 0 Å². The van der Waals surface area contributed by atoms with Crippen LogP contribution >= 0.6 is 43.6 Å². The van der Waals surface area contributed by atoms with Crippen molar-refractivity contribution in [1.82, 2.24) is 0 Å². The molecular weight excluding hydrogens is 528 g/mol. The van der Waals surface area contributed by atoms with Gasteiger partial charge in [0.2, 0.25) is 0 Å². The van der Waals surface area contributed by atoms with Gasteiger partial charge in [-0.15, -0.1) is 0 Å². The summed E-state index contributed by atoms with van der Waals surface area (Å²) in [5.41, 5.74) is 8.78. The van der Waals surface area contributed by atoms with Gasteiger partial charge in [0.05, 0.1) is 0 Å². The van der Waals surface area contributed by atoms with Crippen molar-refractivity contribution < 1.29 is 0 Å². The number of halogens is 2. The van der Waals surface area contributed by atoms with E-state index in [0.29, 0.717) is 4.83 Å². The maximum atomic E-state index is 3.94. The summed E-state index contributed by atoms with van der Waals surface area (Å²) < 4.78 is 1.16. The molecule has 2 aromatic rings. The van der Waals surface area contributed by atoms with E-state index in [2.05, 4.69) is 112 Å². The molecule has 158 valence electrons. The number of fused-ring (bicyclic) bond motifs is 1. The van der Waals surface area contributed by atoms with Crippen molar-refractivity contribution in [3.63, 3.8) is 0 Å². The van der Waals surface area contributed by atoms with E-state index in [1.807, 2.05) is 11.8 Å². The predicted octanol–water partition coefficient (Wildman–Crippen LogP) is 8.99. The molecule has 31 heavy (non-hydrogen) atoms. The first-order valence-electron chi connectivity index (χ1n) is 10.9. The molecule has 0 amide bonds. The Kier molecular flexibility index (Phi) is 5.96. The van der Waals surface area contributed by atoms with Crippen LogP contribution in [0.25, 0.3) is 0 Å². The van der Waals surface area contributed by atoms with Crippen molar-refractivity contribution in [2.45, 2.75) is 54.7 Å². The molecule has 2 aromatic carbocycles. The first-order chi connectivity index (χ1) is 15.0. The van der Waals surface area contributed by atoms with Crippen LogP contribution in [-0.2, 0) is 11.8 Å². The number of hydrogen-bond donors (Lipinski definition) is 0. The summed E-state index contributed by atoms with van der Waals surface area (Å²) in [6.45, 7) is 4.60. The molecule has 0 aromatic heterocycles. The molecule has 0 N–H and O–H groups in total. The SMILES string of the molecule is CC1=C(C2(c3ccccc3C)Cc3cc(Br)ccc3SC3=C2CC(Br)C=C3)CCC=C1. The lowest BCUT2D eigenvalue weighted by Gasteiger charge is -2.43. The summed E-state index contributed by atoms with van der Waals surface area (Å²) >= 11 is 9.64. The Labute approximate surface area is 206 Å². The lowest BCUT2D eigenvalue weighted by Crippen LogP contribution is -2.37. The van der Waals surface area contributed by atoms with Crippen LogP contribution in [0.1, 0.15) is 42.9 Å². The molecule has 1 heterocycles. The number of rotatable bonds is 2. The fourth-order valence-electron chi connectivity index (χ4n) is 5.53. The third kappa shape index (κ3) is 3.77. The van der Waals surface area contributed by atoms with E-state index in [0.717, 1.165) is 30.2 Å². The normalized spacial score (nSPS) is 25.4. The van der Waals surface area contributed by atoms with Gasteiger partial charge in [0.25, 0.3) is 0 Å². The van der Waals surface area contributed by atoms with Gasteiger partial charge in [-0.2, -0.15) is 0 Å². The number of benzene rings is 2. The van der Waals surface area contributed by atoms with Gasteiger partial charge in [-0.25, -0.2) is 0 Å². The molecular formula is C28H26Br2S. The molecule has 0 radical (unpaired) electrons. The van der Waals surface area contributed by atoms with Gasteiger partial charge in [0, 0.05) is 24.5 Å². The minimum atomic E-state index is -0.120. The molecule has 2 aliphatic carbocycles. The van der Waals surface area contributed by atoms with Crippen molar-refractivity contribution in [1.29, 1.82) is 0 Å². The number of hydrogen-bond acceptors (Lipinski definition) is 1. The van der Waals surface area contributed by atoms with Crippen molar-refractivity contribution in [3.8, 4) is 0 Å². The topological polar surface area (TPSA) is 0 Å². The standard InChI is InChI=1S/C28H26Br2S/c1-18-7-3-5-9-23(18)28(24-10-6-4-8-19(24)2)17-20-15-21(29)11-13-26(20)31-27-14-12-22(30)16-25(27)28/h3-5,7-9,11-15,22H,6,10,16-17H2,1-2H3. The summed E-state index contributed by atoms with van der Waals surface area (Å²) in [5, 5.41) is 0. The van der Waals surface area contributed by atoms with Crippen LogP contribution < -0.4 is 0 Å². The van der Waals surface area contributed by atoms with Crippen molar-refractivity contribution >= 4 is 43.6 Å². The van der Waals surface area contributed by atoms with Crippen LogP contribution in [0.15, 0.2) is 97.8 Å². The van der Waals surface area contributed by atoms with Crippen molar-refractivity contribution in [2.75, 3.05) is 0 Å². The Morgan fingerprint density at radius 2 is 1.87 bits per heavy atom. The highest BCUT2D eigenvalue weighted by atomic mass is 79.9. The highest BCUT2D eigenvalue weighted by molar-refractivity contribution is 9.10. The quantitative estimate of drug-likeness (QED) is 0.334. The molecule has 3 heteroatoms. The number of aryl methyl sites for hydroxylation is 1. The first-order valence-corrected chi connectivity index (χ1v) is 13.5. The van der Waals surface area contributed by atoms with E-state index >= 15 is 0 Å². The zero-order chi connectivity index (χ0) is 21.6. The second-order valence-electron chi connectivity index (χ2n) is 8.78. The molecule has 0 saturated carbocycles. The molecule has 0 bridgehead atoms. The average molecular weight is 554 g/mol. The smallest absolute Gasteiger partial charge is 0.0434 e. The van der Waals surface area contributed by atoms with Crippen LogP contribution in [-0.4, -0.2) is 4.83 Å². The van der Waals surface area contributed by atoms with Crippen LogP contribution in [0.5, 0.6) is 0 Å². The molecule has 2 atom stereocenters. The van der Waals surface area contributed by atoms with E-state index in [-0.39, 0.29) is 5.41 Å². The molecule has 5 rings (SSSR count). The molecule has 0 saturated heterocycles. The van der Waals surface area contributed by atoms with Gasteiger partial charge >= 0.3 is 0 Å². The lowest BCUT2D eigenvalue weighted by molar-refractivity contribution is 0.527. The Balaban J connectivity index is 1.89. The highest BCUT2D eigenvalue weighted by Gasteiger charge is 2.45. The zero-order valence-corrected chi connectivity index (χ0v) is 21.9. The Bertz CT molecular complexity index is 1170. The Morgan fingerprint density at radius 1 is 1.03 bits per heavy atom. The monoisotopic (exact) mass is 552 g/mol. The second-order valence-corrected chi connectivity index (χ2v) is 12.0.